The lowest BCUT2D eigenvalue weighted by atomic mass is 10.0. The lowest BCUT2D eigenvalue weighted by molar-refractivity contribution is -0.142. The van der Waals surface area contributed by atoms with E-state index in [0.717, 1.165) is 11.1 Å². The van der Waals surface area contributed by atoms with E-state index in [1.807, 2.05) is 60.7 Å². The fourth-order valence-corrected chi connectivity index (χ4v) is 6.44. The van der Waals surface area contributed by atoms with Crippen LogP contribution in [0.1, 0.15) is 51.1 Å². The van der Waals surface area contributed by atoms with Gasteiger partial charge in [0.25, 0.3) is 11.8 Å². The summed E-state index contributed by atoms with van der Waals surface area (Å²) in [6, 6.07) is 24.6. The molecule has 47 heavy (non-hydrogen) atoms. The Morgan fingerprint density at radius 2 is 1.40 bits per heavy atom. The average molecular weight is 656 g/mol. The smallest absolute Gasteiger partial charge is 0.261 e. The highest BCUT2D eigenvalue weighted by Gasteiger charge is 2.38. The van der Waals surface area contributed by atoms with Gasteiger partial charge in [-0.25, -0.2) is 0 Å². The van der Waals surface area contributed by atoms with E-state index in [1.54, 1.807) is 36.2 Å². The Labute approximate surface area is 280 Å². The van der Waals surface area contributed by atoms with Gasteiger partial charge in [-0.2, -0.15) is 12.6 Å². The Morgan fingerprint density at radius 1 is 0.809 bits per heavy atom. The van der Waals surface area contributed by atoms with E-state index < -0.39 is 17.3 Å². The van der Waals surface area contributed by atoms with Crippen molar-refractivity contribution in [1.29, 1.82) is 0 Å². The number of benzene rings is 3. The van der Waals surface area contributed by atoms with Gasteiger partial charge in [-0.05, 0) is 36.1 Å². The maximum atomic E-state index is 14.1. The normalized spacial score (nSPS) is 18.0. The van der Waals surface area contributed by atoms with Crippen LogP contribution in [0.4, 0.5) is 0 Å². The van der Waals surface area contributed by atoms with Crippen molar-refractivity contribution in [1.82, 2.24) is 25.3 Å². The van der Waals surface area contributed by atoms with Crippen LogP contribution in [0.25, 0.3) is 0 Å². The molecule has 246 valence electrons. The Hall–Kier alpha value is -4.48. The number of nitrogens with one attached hydrogen (secondary N) is 2. The number of nitrogens with zero attached hydrogens (tertiary/aromatic N) is 3. The van der Waals surface area contributed by atoms with Crippen LogP contribution in [0.15, 0.2) is 84.9 Å². The first-order chi connectivity index (χ1) is 22.8. The van der Waals surface area contributed by atoms with Crippen LogP contribution in [0.2, 0.25) is 0 Å². The topological polar surface area (TPSA) is 119 Å². The lowest BCUT2D eigenvalue weighted by Gasteiger charge is -2.31. The Kier molecular flexibility index (Phi) is 11.4. The van der Waals surface area contributed by atoms with E-state index in [1.165, 1.54) is 4.90 Å². The molecule has 0 spiro atoms. The molecule has 3 aromatic rings. The van der Waals surface area contributed by atoms with Gasteiger partial charge >= 0.3 is 0 Å². The Morgan fingerprint density at radius 3 is 2.02 bits per heavy atom. The zero-order valence-corrected chi connectivity index (χ0v) is 27.4. The molecule has 0 bridgehead atoms. The maximum absolute atomic E-state index is 14.1. The number of imide groups is 1. The molecule has 3 atom stereocenters. The molecule has 2 heterocycles. The molecule has 11 heteroatoms. The minimum Gasteiger partial charge on any atom is -0.357 e. The molecule has 1 saturated heterocycles. The molecule has 0 aliphatic carbocycles. The summed E-state index contributed by atoms with van der Waals surface area (Å²) in [6.07, 6.45) is 1.80. The van der Waals surface area contributed by atoms with Gasteiger partial charge in [0, 0.05) is 46.2 Å². The molecule has 10 nitrogen and oxygen atoms in total. The third-order valence-corrected chi connectivity index (χ3v) is 9.22. The van der Waals surface area contributed by atoms with Crippen molar-refractivity contribution >= 4 is 42.2 Å². The predicted octanol–water partition coefficient (Wildman–Crippen LogP) is 2.94. The number of hydrogen-bond acceptors (Lipinski definition) is 7. The van der Waals surface area contributed by atoms with Crippen molar-refractivity contribution < 1.29 is 24.0 Å². The quantitative estimate of drug-likeness (QED) is 0.148. The largest absolute Gasteiger partial charge is 0.357 e. The number of hydrogen-bond donors (Lipinski definition) is 3. The Balaban J connectivity index is 1.24. The van der Waals surface area contributed by atoms with E-state index >= 15 is 0 Å². The summed E-state index contributed by atoms with van der Waals surface area (Å²) in [5, 5.41) is 4.95. The number of amides is 5. The lowest BCUT2D eigenvalue weighted by Crippen LogP contribution is -2.57. The van der Waals surface area contributed by atoms with E-state index in [9.17, 15) is 24.0 Å². The van der Waals surface area contributed by atoms with Crippen LogP contribution in [0, 0.1) is 0 Å². The summed E-state index contributed by atoms with van der Waals surface area (Å²) < 4.78 is 0. The first kappa shape index (κ1) is 33.9. The number of rotatable bonds is 13. The van der Waals surface area contributed by atoms with Gasteiger partial charge in [-0.15, -0.1) is 0 Å². The van der Waals surface area contributed by atoms with Crippen LogP contribution >= 0.6 is 12.6 Å². The molecule has 5 amide bonds. The summed E-state index contributed by atoms with van der Waals surface area (Å²) in [6.45, 7) is 1.96. The Bertz CT molecular complexity index is 1550. The predicted molar refractivity (Wildman–Crippen MR) is 182 cm³/mol. The molecule has 2 aliphatic heterocycles. The van der Waals surface area contributed by atoms with Crippen molar-refractivity contribution in [3.05, 3.63) is 107 Å². The minimum absolute atomic E-state index is 0.251. The molecular formula is C36H41N5O5S. The number of unbranched alkanes of at least 4 members (excludes halogenated alkanes) is 1. The zero-order chi connectivity index (χ0) is 33.3. The highest BCUT2D eigenvalue weighted by molar-refractivity contribution is 7.81. The average Bonchev–Trinajstić information content (AvgIpc) is 3.23. The molecular weight excluding hydrogens is 614 g/mol. The molecule has 3 aromatic carbocycles. The SMILES string of the molecule is CNC(=O)C(Cc1ccccc1)N1CCN(Cc2ccccc2)CC(NC(=O)C(S)CCCCN2C(=O)c3ccccc3C2=O)C1=O. The van der Waals surface area contributed by atoms with Crippen LogP contribution in [-0.4, -0.2) is 94.8 Å². The molecule has 0 saturated carbocycles. The monoisotopic (exact) mass is 655 g/mol. The van der Waals surface area contributed by atoms with Gasteiger partial charge in [-0.3, -0.25) is 33.8 Å². The van der Waals surface area contributed by atoms with Crippen LogP contribution in [0.5, 0.6) is 0 Å². The number of fused-ring (bicyclic) bond motifs is 1. The van der Waals surface area contributed by atoms with Gasteiger partial charge < -0.3 is 15.5 Å². The third kappa shape index (κ3) is 8.28. The number of carbonyl (C=O) groups is 5. The maximum Gasteiger partial charge on any atom is 0.261 e. The van der Waals surface area contributed by atoms with Crippen LogP contribution in [0.3, 0.4) is 0 Å². The molecule has 3 unspecified atom stereocenters. The summed E-state index contributed by atoms with van der Waals surface area (Å²) in [5.74, 6) is -1.57. The number of carbonyl (C=O) groups excluding carboxylic acids is 5. The second-order valence-electron chi connectivity index (χ2n) is 12.0. The van der Waals surface area contributed by atoms with Gasteiger partial charge in [0.2, 0.25) is 17.7 Å². The molecule has 0 aromatic heterocycles. The summed E-state index contributed by atoms with van der Waals surface area (Å²) in [5.41, 5.74) is 2.83. The number of likely N-dealkylation sites (N-methyl/N-ethyl adjacent to an activating group) is 1. The van der Waals surface area contributed by atoms with E-state index in [4.69, 9.17) is 0 Å². The summed E-state index contributed by atoms with van der Waals surface area (Å²) >= 11 is 4.56. The first-order valence-electron chi connectivity index (χ1n) is 16.0. The molecule has 1 fully saturated rings. The van der Waals surface area contributed by atoms with Gasteiger partial charge in [0.05, 0.1) is 16.4 Å². The summed E-state index contributed by atoms with van der Waals surface area (Å²) in [4.78, 5) is 71.0. The fourth-order valence-electron chi connectivity index (χ4n) is 6.19. The van der Waals surface area contributed by atoms with Crippen molar-refractivity contribution in [2.24, 2.45) is 0 Å². The van der Waals surface area contributed by atoms with E-state index in [0.29, 0.717) is 56.4 Å². The van der Waals surface area contributed by atoms with Gasteiger partial charge in [0.15, 0.2) is 0 Å². The first-order valence-corrected chi connectivity index (χ1v) is 16.5. The van der Waals surface area contributed by atoms with E-state index in [2.05, 4.69) is 28.2 Å². The fraction of sp³-hybridized carbons (Fsp3) is 0.361. The van der Waals surface area contributed by atoms with Crippen LogP contribution < -0.4 is 10.6 Å². The third-order valence-electron chi connectivity index (χ3n) is 8.73. The molecule has 2 aliphatic rings. The molecule has 0 radical (unpaired) electrons. The van der Waals surface area contributed by atoms with Crippen molar-refractivity contribution in [2.75, 3.05) is 33.2 Å². The molecule has 5 rings (SSSR count). The second-order valence-corrected chi connectivity index (χ2v) is 12.6. The standard InChI is InChI=1S/C36H41N5O5S/c1-37-32(42)30(22-25-12-4-2-5-13-25)40-21-20-39(23-26-14-6-3-7-15-26)24-29(36(40)46)38-33(43)31(47)18-10-11-19-41-34(44)27-16-8-9-17-28(27)35(41)45/h2-9,12-17,29-31,47H,10-11,18-24H2,1H3,(H,37,42)(H,38,43). The van der Waals surface area contributed by atoms with Crippen molar-refractivity contribution in [3.8, 4) is 0 Å². The van der Waals surface area contributed by atoms with Crippen molar-refractivity contribution in [2.45, 2.75) is 49.6 Å². The van der Waals surface area contributed by atoms with E-state index in [-0.39, 0.29) is 42.6 Å². The van der Waals surface area contributed by atoms with Crippen molar-refractivity contribution in [3.63, 3.8) is 0 Å². The van der Waals surface area contributed by atoms with Crippen LogP contribution in [-0.2, 0) is 27.3 Å². The minimum atomic E-state index is -0.885. The number of thiol groups is 1. The summed E-state index contributed by atoms with van der Waals surface area (Å²) in [7, 11) is 1.56. The zero-order valence-electron chi connectivity index (χ0n) is 26.5. The molecule has 2 N–H and O–H groups in total. The van der Waals surface area contributed by atoms with Gasteiger partial charge in [0.1, 0.15) is 12.1 Å². The second kappa shape index (κ2) is 15.9. The highest BCUT2D eigenvalue weighted by atomic mass is 32.1. The van der Waals surface area contributed by atoms with Gasteiger partial charge in [-0.1, -0.05) is 79.2 Å². The highest BCUT2D eigenvalue weighted by Crippen LogP contribution is 2.23.